The molecule has 2 aromatic heterocycles. The number of rotatable bonds is 7. The van der Waals surface area contributed by atoms with Gasteiger partial charge >= 0.3 is 0 Å². The van der Waals surface area contributed by atoms with Gasteiger partial charge in [0.25, 0.3) is 5.91 Å². The lowest BCUT2D eigenvalue weighted by atomic mass is 10.2. The van der Waals surface area contributed by atoms with Gasteiger partial charge in [0.1, 0.15) is 12.4 Å². The molecule has 1 saturated carbocycles. The van der Waals surface area contributed by atoms with Crippen molar-refractivity contribution in [3.8, 4) is 0 Å². The third-order valence-corrected chi connectivity index (χ3v) is 4.39. The van der Waals surface area contributed by atoms with Crippen molar-refractivity contribution < 1.29 is 9.59 Å². The molecule has 2 amide bonds. The molecular weight excluding hydrogens is 344 g/mol. The Labute approximate surface area is 158 Å². The third-order valence-electron chi connectivity index (χ3n) is 4.39. The Morgan fingerprint density at radius 3 is 2.81 bits per heavy atom. The number of hydrogen-bond acceptors (Lipinski definition) is 5. The zero-order valence-corrected chi connectivity index (χ0v) is 15.7. The molecule has 0 radical (unpaired) electrons. The van der Waals surface area contributed by atoms with Crippen LogP contribution in [-0.4, -0.2) is 38.7 Å². The minimum absolute atomic E-state index is 0.0569. The summed E-state index contributed by atoms with van der Waals surface area (Å²) < 4.78 is 1.52. The highest BCUT2D eigenvalue weighted by Gasteiger charge is 2.18. The predicted octanol–water partition coefficient (Wildman–Crippen LogP) is 2.41. The lowest BCUT2D eigenvalue weighted by molar-refractivity contribution is -0.122. The van der Waals surface area contributed by atoms with Crippen LogP contribution < -0.4 is 16.0 Å². The number of carbonyl (C=O) groups is 2. The van der Waals surface area contributed by atoms with Gasteiger partial charge in [0, 0.05) is 24.5 Å². The second-order valence-electron chi connectivity index (χ2n) is 7.13. The largest absolute Gasteiger partial charge is 0.367 e. The molecule has 8 nitrogen and oxygen atoms in total. The van der Waals surface area contributed by atoms with Crippen molar-refractivity contribution in [2.45, 2.75) is 58.2 Å². The summed E-state index contributed by atoms with van der Waals surface area (Å²) in [6.45, 7) is 4.10. The lowest BCUT2D eigenvalue weighted by Crippen LogP contribution is -2.35. The first-order valence-corrected chi connectivity index (χ1v) is 9.36. The van der Waals surface area contributed by atoms with Gasteiger partial charge in [-0.15, -0.1) is 0 Å². The summed E-state index contributed by atoms with van der Waals surface area (Å²) in [7, 11) is 0. The van der Waals surface area contributed by atoms with Crippen LogP contribution in [0.2, 0.25) is 0 Å². The second kappa shape index (κ2) is 8.66. The Kier molecular flexibility index (Phi) is 6.05. The van der Waals surface area contributed by atoms with Crippen LogP contribution in [0.15, 0.2) is 30.7 Å². The third kappa shape index (κ3) is 5.29. The van der Waals surface area contributed by atoms with Crippen LogP contribution >= 0.6 is 0 Å². The normalized spacial score (nSPS) is 14.3. The van der Waals surface area contributed by atoms with E-state index in [0.29, 0.717) is 17.1 Å². The molecule has 1 fully saturated rings. The minimum Gasteiger partial charge on any atom is -0.367 e. The van der Waals surface area contributed by atoms with E-state index in [1.165, 1.54) is 23.7 Å². The Balaban J connectivity index is 1.59. The summed E-state index contributed by atoms with van der Waals surface area (Å²) in [5, 5.41) is 13.1. The van der Waals surface area contributed by atoms with Gasteiger partial charge in [-0.05, 0) is 38.8 Å². The molecular formula is C19H26N6O2. The molecule has 2 heterocycles. The monoisotopic (exact) mass is 370 g/mol. The van der Waals surface area contributed by atoms with E-state index in [1.807, 2.05) is 13.8 Å². The van der Waals surface area contributed by atoms with Crippen LogP contribution in [0.4, 0.5) is 11.5 Å². The fourth-order valence-electron chi connectivity index (χ4n) is 3.18. The van der Waals surface area contributed by atoms with Crippen LogP contribution in [0.25, 0.3) is 0 Å². The fourth-order valence-corrected chi connectivity index (χ4v) is 3.18. The summed E-state index contributed by atoms with van der Waals surface area (Å²) in [5.74, 6) is 0.202. The number of carbonyl (C=O) groups excluding carboxylic acids is 2. The first-order chi connectivity index (χ1) is 13.0. The average molecular weight is 370 g/mol. The Morgan fingerprint density at radius 1 is 1.30 bits per heavy atom. The minimum atomic E-state index is -0.277. The van der Waals surface area contributed by atoms with E-state index in [0.717, 1.165) is 12.8 Å². The van der Waals surface area contributed by atoms with Gasteiger partial charge in [-0.3, -0.25) is 14.3 Å². The standard InChI is InChI=1S/C19H26N6O2/c1-13(2)22-18-16(8-5-9-20-18)19(27)24-15-10-21-25(11-15)12-17(26)23-14-6-3-4-7-14/h5,8-11,13-14H,3-4,6-7,12H2,1-2H3,(H,20,22)(H,23,26)(H,24,27). The molecule has 144 valence electrons. The highest BCUT2D eigenvalue weighted by Crippen LogP contribution is 2.18. The highest BCUT2D eigenvalue weighted by atomic mass is 16.2. The Hall–Kier alpha value is -2.90. The van der Waals surface area contributed by atoms with Gasteiger partial charge in [-0.2, -0.15) is 5.10 Å². The van der Waals surface area contributed by atoms with Gasteiger partial charge in [-0.25, -0.2) is 4.98 Å². The van der Waals surface area contributed by atoms with Crippen molar-refractivity contribution >= 4 is 23.3 Å². The van der Waals surface area contributed by atoms with Crippen molar-refractivity contribution in [2.75, 3.05) is 10.6 Å². The molecule has 0 aromatic carbocycles. The molecule has 2 aromatic rings. The van der Waals surface area contributed by atoms with E-state index in [4.69, 9.17) is 0 Å². The first-order valence-electron chi connectivity index (χ1n) is 9.36. The lowest BCUT2D eigenvalue weighted by Gasteiger charge is -2.13. The maximum absolute atomic E-state index is 12.6. The number of nitrogens with zero attached hydrogens (tertiary/aromatic N) is 3. The molecule has 0 spiro atoms. The van der Waals surface area contributed by atoms with E-state index >= 15 is 0 Å². The molecule has 0 aliphatic heterocycles. The molecule has 0 atom stereocenters. The van der Waals surface area contributed by atoms with Crippen molar-refractivity contribution in [2.24, 2.45) is 0 Å². The average Bonchev–Trinajstić information content (AvgIpc) is 3.27. The van der Waals surface area contributed by atoms with E-state index in [2.05, 4.69) is 26.0 Å². The number of pyridine rings is 1. The topological polar surface area (TPSA) is 101 Å². The van der Waals surface area contributed by atoms with Crippen LogP contribution in [0.3, 0.4) is 0 Å². The molecule has 0 bridgehead atoms. The van der Waals surface area contributed by atoms with Gasteiger partial charge in [-0.1, -0.05) is 12.8 Å². The smallest absolute Gasteiger partial charge is 0.259 e. The van der Waals surface area contributed by atoms with Crippen LogP contribution in [0.1, 0.15) is 49.9 Å². The maximum Gasteiger partial charge on any atom is 0.259 e. The molecule has 8 heteroatoms. The van der Waals surface area contributed by atoms with Crippen molar-refractivity contribution in [1.82, 2.24) is 20.1 Å². The Bertz CT molecular complexity index is 795. The highest BCUT2D eigenvalue weighted by molar-refractivity contribution is 6.07. The molecule has 0 saturated heterocycles. The number of aromatic nitrogens is 3. The maximum atomic E-state index is 12.6. The summed E-state index contributed by atoms with van der Waals surface area (Å²) >= 11 is 0. The molecule has 1 aliphatic carbocycles. The molecule has 27 heavy (non-hydrogen) atoms. The molecule has 1 aliphatic rings. The van der Waals surface area contributed by atoms with E-state index in [9.17, 15) is 9.59 Å². The number of nitrogens with one attached hydrogen (secondary N) is 3. The number of anilines is 2. The van der Waals surface area contributed by atoms with Crippen LogP contribution in [0.5, 0.6) is 0 Å². The van der Waals surface area contributed by atoms with Gasteiger partial charge in [0.2, 0.25) is 5.91 Å². The van der Waals surface area contributed by atoms with Crippen LogP contribution in [-0.2, 0) is 11.3 Å². The summed E-state index contributed by atoms with van der Waals surface area (Å²) in [6, 6.07) is 3.88. The second-order valence-corrected chi connectivity index (χ2v) is 7.13. The molecule has 3 rings (SSSR count). The zero-order chi connectivity index (χ0) is 19.2. The van der Waals surface area contributed by atoms with Gasteiger partial charge < -0.3 is 16.0 Å². The molecule has 0 unspecified atom stereocenters. The Morgan fingerprint density at radius 2 is 2.07 bits per heavy atom. The van der Waals surface area contributed by atoms with Crippen molar-refractivity contribution in [3.63, 3.8) is 0 Å². The van der Waals surface area contributed by atoms with E-state index in [-0.39, 0.29) is 30.4 Å². The summed E-state index contributed by atoms with van der Waals surface area (Å²) in [5.41, 5.74) is 0.992. The van der Waals surface area contributed by atoms with Crippen molar-refractivity contribution in [3.05, 3.63) is 36.3 Å². The summed E-state index contributed by atoms with van der Waals surface area (Å²) in [4.78, 5) is 28.9. The van der Waals surface area contributed by atoms with Crippen LogP contribution in [0, 0.1) is 0 Å². The summed E-state index contributed by atoms with van der Waals surface area (Å²) in [6.07, 6.45) is 9.26. The van der Waals surface area contributed by atoms with Crippen molar-refractivity contribution in [1.29, 1.82) is 0 Å². The number of amides is 2. The quantitative estimate of drug-likeness (QED) is 0.695. The van der Waals surface area contributed by atoms with Gasteiger partial charge in [0.15, 0.2) is 0 Å². The zero-order valence-electron chi connectivity index (χ0n) is 15.7. The number of hydrogen-bond donors (Lipinski definition) is 3. The van der Waals surface area contributed by atoms with Gasteiger partial charge in [0.05, 0.1) is 17.4 Å². The predicted molar refractivity (Wildman–Crippen MR) is 104 cm³/mol. The van der Waals surface area contributed by atoms with E-state index in [1.54, 1.807) is 24.5 Å². The van der Waals surface area contributed by atoms with E-state index < -0.39 is 0 Å². The first kappa shape index (κ1) is 18.9. The SMILES string of the molecule is CC(C)Nc1ncccc1C(=O)Nc1cnn(CC(=O)NC2CCCC2)c1. The molecule has 3 N–H and O–H groups in total. The fraction of sp³-hybridized carbons (Fsp3) is 0.474.